The number of rotatable bonds is 9. The van der Waals surface area contributed by atoms with Crippen molar-refractivity contribution in [1.29, 1.82) is 0 Å². The van der Waals surface area contributed by atoms with Gasteiger partial charge in [-0.2, -0.15) is 0 Å². The van der Waals surface area contributed by atoms with Gasteiger partial charge in [0.15, 0.2) is 6.04 Å². The van der Waals surface area contributed by atoms with E-state index in [1.54, 1.807) is 32.9 Å². The molecule has 1 amide bonds. The molecule has 0 radical (unpaired) electrons. The van der Waals surface area contributed by atoms with Crippen molar-refractivity contribution < 1.29 is 29.1 Å². The third-order valence-electron chi connectivity index (χ3n) is 2.92. The van der Waals surface area contributed by atoms with Crippen LogP contribution in [0.15, 0.2) is 30.3 Å². The van der Waals surface area contributed by atoms with Crippen LogP contribution in [0.25, 0.3) is 0 Å². The molecule has 0 fully saturated rings. The van der Waals surface area contributed by atoms with Crippen LogP contribution in [0.4, 0.5) is 0 Å². The molecule has 0 saturated carbocycles. The Morgan fingerprint density at radius 1 is 1.25 bits per heavy atom. The molecule has 7 nitrogen and oxygen atoms in total. The predicted octanol–water partition coefficient (Wildman–Crippen LogP) is 2.15. The van der Waals surface area contributed by atoms with Gasteiger partial charge in [0.1, 0.15) is 6.61 Å². The standard InChI is InChI=1S/C17H23NO6/c1-17(2,3)24-18(12-19)14(9-10-15(20)21)16(22)23-11-13-7-5-4-6-8-13/h4-8,12,14H,9-11H2,1-3H3,(H,20,21)/t14-/m0/s1. The van der Waals surface area contributed by atoms with Gasteiger partial charge in [0.2, 0.25) is 6.41 Å². The predicted molar refractivity (Wildman–Crippen MR) is 85.6 cm³/mol. The maximum Gasteiger partial charge on any atom is 0.331 e. The lowest BCUT2D eigenvalue weighted by atomic mass is 10.1. The van der Waals surface area contributed by atoms with Crippen LogP contribution in [0.3, 0.4) is 0 Å². The second kappa shape index (κ2) is 9.02. The lowest BCUT2D eigenvalue weighted by Crippen LogP contribution is -2.45. The number of ether oxygens (including phenoxy) is 1. The van der Waals surface area contributed by atoms with Crippen molar-refractivity contribution in [1.82, 2.24) is 5.06 Å². The van der Waals surface area contributed by atoms with Crippen molar-refractivity contribution in [3.63, 3.8) is 0 Å². The molecule has 0 saturated heterocycles. The van der Waals surface area contributed by atoms with E-state index in [0.29, 0.717) is 6.41 Å². The number of hydrogen-bond donors (Lipinski definition) is 1. The third kappa shape index (κ3) is 7.23. The number of hydrogen-bond acceptors (Lipinski definition) is 5. The SMILES string of the molecule is CC(C)(C)ON(C=O)[C@@H](CCC(=O)O)C(=O)OCc1ccccc1. The van der Waals surface area contributed by atoms with E-state index in [2.05, 4.69) is 0 Å². The Bertz CT molecular complexity index is 552. The molecule has 7 heteroatoms. The van der Waals surface area contributed by atoms with Crippen molar-refractivity contribution in [2.75, 3.05) is 0 Å². The Kier molecular flexibility index (Phi) is 7.38. The molecule has 0 aliphatic heterocycles. The summed E-state index contributed by atoms with van der Waals surface area (Å²) in [6.45, 7) is 5.18. The van der Waals surface area contributed by atoms with E-state index in [1.165, 1.54) is 0 Å². The number of carboxylic acid groups (broad SMARTS) is 1. The summed E-state index contributed by atoms with van der Waals surface area (Å²) in [7, 11) is 0. The molecule has 0 heterocycles. The maximum absolute atomic E-state index is 12.3. The van der Waals surface area contributed by atoms with Crippen LogP contribution in [0.5, 0.6) is 0 Å². The highest BCUT2D eigenvalue weighted by Gasteiger charge is 2.31. The van der Waals surface area contributed by atoms with Crippen molar-refractivity contribution in [2.24, 2.45) is 0 Å². The summed E-state index contributed by atoms with van der Waals surface area (Å²) in [5, 5.41) is 9.67. The molecule has 1 N–H and O–H groups in total. The van der Waals surface area contributed by atoms with Crippen LogP contribution in [-0.4, -0.2) is 40.2 Å². The highest BCUT2D eigenvalue weighted by molar-refractivity contribution is 5.79. The number of esters is 1. The number of carbonyl (C=O) groups is 3. The summed E-state index contributed by atoms with van der Waals surface area (Å²) in [4.78, 5) is 39.8. The fourth-order valence-electron chi connectivity index (χ4n) is 1.91. The largest absolute Gasteiger partial charge is 0.481 e. The average molecular weight is 337 g/mol. The summed E-state index contributed by atoms with van der Waals surface area (Å²) in [5.74, 6) is -1.78. The van der Waals surface area contributed by atoms with Crippen molar-refractivity contribution in [3.05, 3.63) is 35.9 Å². The van der Waals surface area contributed by atoms with Crippen LogP contribution in [0.1, 0.15) is 39.2 Å². The van der Waals surface area contributed by atoms with E-state index >= 15 is 0 Å². The molecule has 0 spiro atoms. The second-order valence-corrected chi connectivity index (χ2v) is 6.21. The number of hydroxylamine groups is 2. The normalized spacial score (nSPS) is 12.3. The molecular formula is C17H23NO6. The van der Waals surface area contributed by atoms with Gasteiger partial charge < -0.3 is 9.84 Å². The number of benzene rings is 1. The zero-order chi connectivity index (χ0) is 18.2. The van der Waals surface area contributed by atoms with Crippen LogP contribution < -0.4 is 0 Å². The van der Waals surface area contributed by atoms with Crippen molar-refractivity contribution in [2.45, 2.75) is 51.9 Å². The Morgan fingerprint density at radius 2 is 1.88 bits per heavy atom. The number of nitrogens with zero attached hydrogens (tertiary/aromatic N) is 1. The Balaban J connectivity index is 2.80. The van der Waals surface area contributed by atoms with Crippen LogP contribution in [0.2, 0.25) is 0 Å². The smallest absolute Gasteiger partial charge is 0.331 e. The highest BCUT2D eigenvalue weighted by Crippen LogP contribution is 2.16. The van der Waals surface area contributed by atoms with Gasteiger partial charge in [-0.05, 0) is 32.8 Å². The van der Waals surface area contributed by atoms with E-state index in [1.807, 2.05) is 18.2 Å². The average Bonchev–Trinajstić information content (AvgIpc) is 2.51. The van der Waals surface area contributed by atoms with Gasteiger partial charge in [-0.15, -0.1) is 0 Å². The lowest BCUT2D eigenvalue weighted by Gasteiger charge is -2.31. The van der Waals surface area contributed by atoms with Crippen LogP contribution >= 0.6 is 0 Å². The van der Waals surface area contributed by atoms with Gasteiger partial charge in [0, 0.05) is 6.42 Å². The van der Waals surface area contributed by atoms with Gasteiger partial charge in [0.05, 0.1) is 5.60 Å². The fraction of sp³-hybridized carbons (Fsp3) is 0.471. The van der Waals surface area contributed by atoms with Gasteiger partial charge in [0.25, 0.3) is 0 Å². The highest BCUT2D eigenvalue weighted by atomic mass is 16.7. The molecule has 0 bridgehead atoms. The molecule has 24 heavy (non-hydrogen) atoms. The van der Waals surface area contributed by atoms with E-state index in [-0.39, 0.29) is 19.4 Å². The fourth-order valence-corrected chi connectivity index (χ4v) is 1.91. The van der Waals surface area contributed by atoms with Crippen LogP contribution in [0, 0.1) is 0 Å². The summed E-state index contributed by atoms with van der Waals surface area (Å²) in [6, 6.07) is 7.93. The Labute approximate surface area is 141 Å². The molecule has 1 aromatic rings. The molecule has 1 aromatic carbocycles. The molecule has 132 valence electrons. The van der Waals surface area contributed by atoms with E-state index < -0.39 is 23.6 Å². The van der Waals surface area contributed by atoms with Crippen LogP contribution in [-0.2, 0) is 30.6 Å². The van der Waals surface area contributed by atoms with Gasteiger partial charge in [-0.1, -0.05) is 30.3 Å². The van der Waals surface area contributed by atoms with Gasteiger partial charge in [-0.25, -0.2) is 9.86 Å². The minimum absolute atomic E-state index is 0.0332. The maximum atomic E-state index is 12.3. The molecular weight excluding hydrogens is 314 g/mol. The number of amides is 1. The first-order chi connectivity index (χ1) is 11.2. The molecule has 0 aromatic heterocycles. The first-order valence-corrected chi connectivity index (χ1v) is 7.58. The molecule has 0 unspecified atom stereocenters. The van der Waals surface area contributed by atoms with Gasteiger partial charge >= 0.3 is 11.9 Å². The zero-order valence-electron chi connectivity index (χ0n) is 14.1. The Morgan fingerprint density at radius 3 is 2.38 bits per heavy atom. The minimum Gasteiger partial charge on any atom is -0.481 e. The molecule has 1 atom stereocenters. The van der Waals surface area contributed by atoms with E-state index in [4.69, 9.17) is 14.7 Å². The zero-order valence-corrected chi connectivity index (χ0v) is 14.1. The summed E-state index contributed by atoms with van der Waals surface area (Å²) >= 11 is 0. The topological polar surface area (TPSA) is 93.1 Å². The number of aliphatic carboxylic acids is 1. The van der Waals surface area contributed by atoms with E-state index in [0.717, 1.165) is 10.6 Å². The third-order valence-corrected chi connectivity index (χ3v) is 2.92. The second-order valence-electron chi connectivity index (χ2n) is 6.21. The molecule has 1 rings (SSSR count). The quantitative estimate of drug-likeness (QED) is 0.422. The van der Waals surface area contributed by atoms with E-state index in [9.17, 15) is 14.4 Å². The molecule has 0 aliphatic rings. The van der Waals surface area contributed by atoms with Crippen molar-refractivity contribution in [3.8, 4) is 0 Å². The van der Waals surface area contributed by atoms with Crippen molar-refractivity contribution >= 4 is 18.3 Å². The monoisotopic (exact) mass is 337 g/mol. The number of carboxylic acids is 1. The van der Waals surface area contributed by atoms with Gasteiger partial charge in [-0.3, -0.25) is 14.4 Å². The Hall–Kier alpha value is -2.41. The first-order valence-electron chi connectivity index (χ1n) is 7.58. The molecule has 0 aliphatic carbocycles. The number of carbonyl (C=O) groups excluding carboxylic acids is 2. The summed E-state index contributed by atoms with van der Waals surface area (Å²) < 4.78 is 5.21. The summed E-state index contributed by atoms with van der Waals surface area (Å²) in [5.41, 5.74) is 0.0690. The first kappa shape index (κ1) is 19.6. The summed E-state index contributed by atoms with van der Waals surface area (Å²) in [6.07, 6.45) is -0.0255. The minimum atomic E-state index is -1.12. The lowest BCUT2D eigenvalue weighted by molar-refractivity contribution is -0.237.